The van der Waals surface area contributed by atoms with Gasteiger partial charge in [0.15, 0.2) is 0 Å². The van der Waals surface area contributed by atoms with Gasteiger partial charge in [0.2, 0.25) is 10.3 Å². The van der Waals surface area contributed by atoms with Crippen molar-refractivity contribution in [2.45, 2.75) is 62.2 Å². The molecule has 0 aliphatic rings. The van der Waals surface area contributed by atoms with Crippen molar-refractivity contribution in [1.29, 1.82) is 0 Å². The van der Waals surface area contributed by atoms with Crippen molar-refractivity contribution >= 4 is 75.7 Å². The quantitative estimate of drug-likeness (QED) is 0.0650. The van der Waals surface area contributed by atoms with Crippen LogP contribution in [0.2, 0.25) is 0 Å². The predicted octanol–water partition coefficient (Wildman–Crippen LogP) is 7.48. The van der Waals surface area contributed by atoms with Gasteiger partial charge in [-0.3, -0.25) is 19.0 Å². The molecular weight excluding hydrogens is 908 g/mol. The molecule has 0 spiro atoms. The third-order valence-electron chi connectivity index (χ3n) is 8.58. The Morgan fingerprint density at radius 2 is 1.02 bits per heavy atom. The van der Waals surface area contributed by atoms with Crippen LogP contribution in [-0.2, 0) is 32.9 Å². The maximum Gasteiger partial charge on any atom is 0.263 e. The van der Waals surface area contributed by atoms with Crippen molar-refractivity contribution in [3.63, 3.8) is 0 Å². The Labute approximate surface area is 380 Å². The van der Waals surface area contributed by atoms with E-state index in [2.05, 4.69) is 35.2 Å². The third-order valence-corrected chi connectivity index (χ3v) is 14.0. The number of rotatable bonds is 17. The van der Waals surface area contributed by atoms with Crippen LogP contribution < -0.4 is 30.0 Å². The maximum absolute atomic E-state index is 12.6. The molecule has 2 aromatic heterocycles. The molecule has 4 aromatic carbocycles. The molecule has 21 heteroatoms. The number of aromatic nitrogens is 4. The molecule has 5 N–H and O–H groups in total. The Bertz CT molecular complexity index is 2610. The number of ether oxygens (including phenoxy) is 2. The minimum Gasteiger partial charge on any atom is -0.497 e. The molecule has 16 nitrogen and oxygen atoms in total. The standard InChI is InChI=1S/C21H24N4O4S2.C13H18N4O2S2.C8H7ClO2/c1-14(2)20-23-24-21(30-20)25-31(27,28)18-10-4-15(5-11-18)12-13-22-19(26)16-6-8-17(29-3)9-7-16;1-9(2)12-15-16-13(20-12)17-21(18,19)11-5-3-10(4-6-11)7-8-14;1-11-7-4-2-6(3-5-7)8(9)10/h4-11,14H,12-13H2,1-3H3,(H,22,26)(H,24,25);3-6,9H,7-8,14H2,1-2H3,(H,16,17);2-5H,1H3. The number of methoxy groups -OCH3 is 2. The Morgan fingerprint density at radius 3 is 1.37 bits per heavy atom. The number of nitrogens with one attached hydrogen (secondary N) is 3. The molecular formula is C42H49ClN8O8S4. The highest BCUT2D eigenvalue weighted by atomic mass is 35.5. The maximum atomic E-state index is 12.6. The van der Waals surface area contributed by atoms with Crippen molar-refractivity contribution in [2.24, 2.45) is 5.73 Å². The van der Waals surface area contributed by atoms with Crippen LogP contribution in [0.4, 0.5) is 10.3 Å². The summed E-state index contributed by atoms with van der Waals surface area (Å²) in [4.78, 5) is 23.1. The summed E-state index contributed by atoms with van der Waals surface area (Å²) in [6.07, 6.45) is 1.30. The van der Waals surface area contributed by atoms with Crippen LogP contribution in [0.25, 0.3) is 0 Å². The van der Waals surface area contributed by atoms with Crippen LogP contribution in [-0.4, -0.2) is 75.7 Å². The van der Waals surface area contributed by atoms with Gasteiger partial charge < -0.3 is 20.5 Å². The van der Waals surface area contributed by atoms with E-state index in [0.717, 1.165) is 27.6 Å². The van der Waals surface area contributed by atoms with Crippen LogP contribution >= 0.6 is 34.3 Å². The van der Waals surface area contributed by atoms with E-state index < -0.39 is 25.3 Å². The summed E-state index contributed by atoms with van der Waals surface area (Å²) in [5, 5.41) is 20.2. The Hall–Kier alpha value is -5.51. The molecule has 2 heterocycles. The molecule has 0 radical (unpaired) electrons. The van der Waals surface area contributed by atoms with E-state index in [-0.39, 0.29) is 37.8 Å². The molecule has 63 heavy (non-hydrogen) atoms. The van der Waals surface area contributed by atoms with E-state index in [1.165, 1.54) is 34.8 Å². The SMILES string of the molecule is CC(C)c1nnc(NS(=O)(=O)c2ccc(CCN)cc2)s1.COc1ccc(C(=O)Cl)cc1.COc1ccc(C(=O)NCCc2ccc(S(=O)(=O)Nc3nnc(C(C)C)s3)cc2)cc1. The smallest absolute Gasteiger partial charge is 0.263 e. The lowest BCUT2D eigenvalue weighted by atomic mass is 10.1. The summed E-state index contributed by atoms with van der Waals surface area (Å²) in [6.45, 7) is 8.86. The first-order valence-electron chi connectivity index (χ1n) is 19.3. The van der Waals surface area contributed by atoms with Crippen LogP contribution in [0.3, 0.4) is 0 Å². The summed E-state index contributed by atoms with van der Waals surface area (Å²) in [6, 6.07) is 26.7. The summed E-state index contributed by atoms with van der Waals surface area (Å²) in [5.41, 5.74) is 8.41. The lowest BCUT2D eigenvalue weighted by molar-refractivity contribution is 0.0953. The van der Waals surface area contributed by atoms with E-state index in [4.69, 9.17) is 26.8 Å². The van der Waals surface area contributed by atoms with Crippen molar-refractivity contribution in [3.05, 3.63) is 129 Å². The molecule has 0 atom stereocenters. The minimum absolute atomic E-state index is 0.139. The highest BCUT2D eigenvalue weighted by Gasteiger charge is 2.19. The molecule has 0 unspecified atom stereocenters. The second-order valence-corrected chi connectivity index (χ2v) is 19.7. The molecule has 0 saturated heterocycles. The average Bonchev–Trinajstić information content (AvgIpc) is 3.94. The molecule has 0 aliphatic carbocycles. The number of nitrogens with two attached hydrogens (primary N) is 1. The number of benzene rings is 4. The summed E-state index contributed by atoms with van der Waals surface area (Å²) < 4.78 is 64.5. The lowest BCUT2D eigenvalue weighted by Crippen LogP contribution is -2.25. The Balaban J connectivity index is 0.000000233. The monoisotopic (exact) mass is 956 g/mol. The lowest BCUT2D eigenvalue weighted by Gasteiger charge is -2.08. The number of anilines is 2. The molecule has 336 valence electrons. The van der Waals surface area contributed by atoms with E-state index in [1.807, 2.05) is 27.7 Å². The molecule has 6 aromatic rings. The predicted molar refractivity (Wildman–Crippen MR) is 247 cm³/mol. The van der Waals surface area contributed by atoms with Crippen LogP contribution in [0.5, 0.6) is 11.5 Å². The van der Waals surface area contributed by atoms with Crippen LogP contribution in [0, 0.1) is 0 Å². The fourth-order valence-electron chi connectivity index (χ4n) is 5.09. The van der Waals surface area contributed by atoms with Gasteiger partial charge in [0.25, 0.3) is 31.2 Å². The van der Waals surface area contributed by atoms with Crippen molar-refractivity contribution < 1.29 is 35.9 Å². The second-order valence-electron chi connectivity index (χ2n) is 14.0. The summed E-state index contributed by atoms with van der Waals surface area (Å²) in [5.74, 6) is 1.62. The van der Waals surface area contributed by atoms with Gasteiger partial charge in [-0.2, -0.15) is 0 Å². The number of hydrogen-bond acceptors (Lipinski definition) is 15. The zero-order valence-electron chi connectivity index (χ0n) is 35.4. The van der Waals surface area contributed by atoms with E-state index in [9.17, 15) is 26.4 Å². The fraction of sp³-hybridized carbons (Fsp3) is 0.286. The zero-order valence-corrected chi connectivity index (χ0v) is 39.4. The first-order valence-corrected chi connectivity index (χ1v) is 24.3. The first kappa shape index (κ1) is 50.1. The first-order chi connectivity index (χ1) is 29.9. The Morgan fingerprint density at radius 1 is 0.619 bits per heavy atom. The molecule has 0 bridgehead atoms. The van der Waals surface area contributed by atoms with Gasteiger partial charge in [-0.1, -0.05) is 74.6 Å². The molecule has 0 aliphatic heterocycles. The number of halogens is 1. The van der Waals surface area contributed by atoms with Crippen molar-refractivity contribution in [1.82, 2.24) is 25.7 Å². The van der Waals surface area contributed by atoms with Gasteiger partial charge in [0.05, 0.1) is 24.0 Å². The number of carbonyl (C=O) groups is 2. The minimum atomic E-state index is -3.74. The van der Waals surface area contributed by atoms with Gasteiger partial charge in [-0.15, -0.1) is 20.4 Å². The van der Waals surface area contributed by atoms with Gasteiger partial charge in [-0.05, 0) is 115 Å². The van der Waals surface area contributed by atoms with E-state index in [0.29, 0.717) is 42.1 Å². The van der Waals surface area contributed by atoms with Gasteiger partial charge >= 0.3 is 0 Å². The fourth-order valence-corrected chi connectivity index (χ4v) is 9.17. The normalized spacial score (nSPS) is 11.1. The summed E-state index contributed by atoms with van der Waals surface area (Å²) >= 11 is 7.68. The topological polar surface area (TPSA) is 235 Å². The molecule has 0 fully saturated rings. The number of carbonyl (C=O) groups excluding carboxylic acids is 2. The number of hydrogen-bond donors (Lipinski definition) is 4. The number of nitrogens with zero attached hydrogens (tertiary/aromatic N) is 4. The van der Waals surface area contributed by atoms with Gasteiger partial charge in [0, 0.05) is 29.5 Å². The van der Waals surface area contributed by atoms with Crippen molar-refractivity contribution in [2.75, 3.05) is 36.8 Å². The second kappa shape index (κ2) is 23.8. The van der Waals surface area contributed by atoms with Gasteiger partial charge in [0.1, 0.15) is 21.5 Å². The average molecular weight is 958 g/mol. The van der Waals surface area contributed by atoms with Gasteiger partial charge in [-0.25, -0.2) is 16.8 Å². The number of amides is 1. The largest absolute Gasteiger partial charge is 0.497 e. The third kappa shape index (κ3) is 15.7. The number of sulfonamides is 2. The van der Waals surface area contributed by atoms with Crippen LogP contribution in [0.1, 0.15) is 81.4 Å². The zero-order chi connectivity index (χ0) is 46.2. The van der Waals surface area contributed by atoms with E-state index >= 15 is 0 Å². The van der Waals surface area contributed by atoms with E-state index in [1.54, 1.807) is 99.1 Å². The van der Waals surface area contributed by atoms with Crippen LogP contribution in [0.15, 0.2) is 107 Å². The highest BCUT2D eigenvalue weighted by molar-refractivity contribution is 7.93. The van der Waals surface area contributed by atoms with Crippen molar-refractivity contribution in [3.8, 4) is 11.5 Å². The highest BCUT2D eigenvalue weighted by Crippen LogP contribution is 2.26. The summed E-state index contributed by atoms with van der Waals surface area (Å²) in [7, 11) is -4.23. The molecule has 0 saturated carbocycles. The molecule has 6 rings (SSSR count). The Kier molecular flexibility index (Phi) is 18.9. The molecule has 1 amide bonds.